The van der Waals surface area contributed by atoms with Crippen LogP contribution >= 0.6 is 33.9 Å². The van der Waals surface area contributed by atoms with Gasteiger partial charge in [-0.3, -0.25) is 19.7 Å². The molecule has 0 unspecified atom stereocenters. The number of allylic oxidation sites excluding steroid dienone is 1. The quantitative estimate of drug-likeness (QED) is 0.243. The van der Waals surface area contributed by atoms with E-state index in [1.807, 2.05) is 28.5 Å². The molecule has 1 aromatic heterocycles. The topological polar surface area (TPSA) is 87.0 Å². The van der Waals surface area contributed by atoms with Crippen molar-refractivity contribution in [3.05, 3.63) is 65.5 Å². The third kappa shape index (κ3) is 4.64. The van der Waals surface area contributed by atoms with Crippen molar-refractivity contribution in [2.45, 2.75) is 6.92 Å². The van der Waals surface area contributed by atoms with Crippen LogP contribution in [0, 0.1) is 13.7 Å². The van der Waals surface area contributed by atoms with Crippen LogP contribution in [0.1, 0.15) is 22.2 Å². The van der Waals surface area contributed by atoms with Crippen molar-refractivity contribution < 1.29 is 14.5 Å². The molecule has 10 heteroatoms. The van der Waals surface area contributed by atoms with E-state index in [0.29, 0.717) is 54.4 Å². The van der Waals surface area contributed by atoms with E-state index < -0.39 is 4.92 Å². The van der Waals surface area contributed by atoms with Gasteiger partial charge in [-0.05, 0) is 52.2 Å². The molecule has 0 N–H and O–H groups in total. The Morgan fingerprint density at radius 3 is 2.47 bits per heavy atom. The number of piperazine rings is 1. The molecule has 1 fully saturated rings. The number of rotatable bonds is 6. The van der Waals surface area contributed by atoms with Gasteiger partial charge in [-0.25, -0.2) is 0 Å². The highest BCUT2D eigenvalue weighted by atomic mass is 127. The lowest BCUT2D eigenvalue weighted by atomic mass is 10.0. The summed E-state index contributed by atoms with van der Waals surface area (Å²) < 4.78 is 0.908. The summed E-state index contributed by atoms with van der Waals surface area (Å²) in [7, 11) is 1.62. The maximum atomic E-state index is 12.6. The van der Waals surface area contributed by atoms with Gasteiger partial charge >= 0.3 is 0 Å². The molecule has 2 amide bonds. The summed E-state index contributed by atoms with van der Waals surface area (Å²) in [6.07, 6.45) is 0.683. The molecule has 2 heterocycles. The minimum absolute atomic E-state index is 0.00980. The van der Waals surface area contributed by atoms with Crippen LogP contribution in [-0.4, -0.2) is 60.3 Å². The van der Waals surface area contributed by atoms with Gasteiger partial charge in [0.1, 0.15) is 5.70 Å². The summed E-state index contributed by atoms with van der Waals surface area (Å²) in [4.78, 5) is 41.1. The highest BCUT2D eigenvalue weighted by Gasteiger charge is 2.30. The largest absolute Gasteiger partial charge is 0.362 e. The van der Waals surface area contributed by atoms with Crippen molar-refractivity contribution in [2.75, 3.05) is 38.1 Å². The van der Waals surface area contributed by atoms with E-state index in [-0.39, 0.29) is 11.6 Å². The lowest BCUT2D eigenvalue weighted by Gasteiger charge is -2.37. The van der Waals surface area contributed by atoms with E-state index in [4.69, 9.17) is 0 Å². The number of nitrogens with zero attached hydrogens (tertiary/aromatic N) is 4. The van der Waals surface area contributed by atoms with Crippen LogP contribution in [0.25, 0.3) is 5.70 Å². The Hall–Kier alpha value is -2.47. The summed E-state index contributed by atoms with van der Waals surface area (Å²) in [5.74, 6) is -0.0168. The van der Waals surface area contributed by atoms with Gasteiger partial charge in [-0.1, -0.05) is 6.07 Å². The molecule has 1 aromatic carbocycles. The van der Waals surface area contributed by atoms with Crippen LogP contribution in [0.2, 0.25) is 0 Å². The van der Waals surface area contributed by atoms with Gasteiger partial charge in [-0.15, -0.1) is 11.3 Å². The first-order valence-electron chi connectivity index (χ1n) is 9.24. The molecular weight excluding hydrogens is 519 g/mol. The van der Waals surface area contributed by atoms with E-state index in [1.165, 1.54) is 23.2 Å². The standard InChI is InChI=1S/C20H21IN4O4S/c1-14(25(28)29)19(16-12-15(21)5-6-17(16)22(2)13-26)23-7-9-24(10-8-23)20(27)18-4-3-11-30-18/h3-6,11-13H,7-10H2,1-2H3/b19-14-. The number of halogens is 1. The van der Waals surface area contributed by atoms with E-state index >= 15 is 0 Å². The van der Waals surface area contributed by atoms with Crippen LogP contribution in [-0.2, 0) is 4.79 Å². The second-order valence-electron chi connectivity index (χ2n) is 6.83. The second-order valence-corrected chi connectivity index (χ2v) is 9.02. The molecule has 1 aliphatic rings. The molecule has 30 heavy (non-hydrogen) atoms. The van der Waals surface area contributed by atoms with Gasteiger partial charge in [0.05, 0.1) is 15.5 Å². The van der Waals surface area contributed by atoms with Gasteiger partial charge in [0.2, 0.25) is 6.41 Å². The van der Waals surface area contributed by atoms with E-state index in [1.54, 1.807) is 24.1 Å². The first kappa shape index (κ1) is 22.2. The molecule has 1 saturated heterocycles. The van der Waals surface area contributed by atoms with E-state index in [0.717, 1.165) is 3.57 Å². The third-order valence-corrected chi connectivity index (χ3v) is 6.51. The smallest absolute Gasteiger partial charge is 0.266 e. The number of nitro groups is 1. The monoisotopic (exact) mass is 540 g/mol. The van der Waals surface area contributed by atoms with Crippen molar-refractivity contribution in [1.29, 1.82) is 0 Å². The minimum atomic E-state index is -0.400. The molecule has 8 nitrogen and oxygen atoms in total. The maximum Gasteiger partial charge on any atom is 0.266 e. The first-order valence-corrected chi connectivity index (χ1v) is 11.2. The van der Waals surface area contributed by atoms with Crippen LogP contribution in [0.3, 0.4) is 0 Å². The minimum Gasteiger partial charge on any atom is -0.362 e. The van der Waals surface area contributed by atoms with Gasteiger partial charge < -0.3 is 14.7 Å². The van der Waals surface area contributed by atoms with Crippen LogP contribution in [0.4, 0.5) is 5.69 Å². The Kier molecular flexibility index (Phi) is 7.08. The van der Waals surface area contributed by atoms with Gasteiger partial charge in [0.25, 0.3) is 11.6 Å². The average Bonchev–Trinajstić information content (AvgIpc) is 3.28. The number of carbonyl (C=O) groups is 2. The molecule has 0 radical (unpaired) electrons. The number of amides is 2. The Bertz CT molecular complexity index is 985. The van der Waals surface area contributed by atoms with E-state index in [9.17, 15) is 19.7 Å². The lowest BCUT2D eigenvalue weighted by Crippen LogP contribution is -2.48. The fraction of sp³-hybridized carbons (Fsp3) is 0.300. The Morgan fingerprint density at radius 2 is 1.90 bits per heavy atom. The summed E-state index contributed by atoms with van der Waals surface area (Å²) >= 11 is 3.55. The molecule has 0 atom stereocenters. The summed E-state index contributed by atoms with van der Waals surface area (Å²) in [6, 6.07) is 9.14. The first-order chi connectivity index (χ1) is 14.3. The molecule has 158 valence electrons. The van der Waals surface area contributed by atoms with Crippen LogP contribution < -0.4 is 4.90 Å². The average molecular weight is 540 g/mol. The number of carbonyl (C=O) groups excluding carboxylic acids is 2. The molecule has 0 bridgehead atoms. The number of thiophene rings is 1. The zero-order valence-corrected chi connectivity index (χ0v) is 19.6. The lowest BCUT2D eigenvalue weighted by molar-refractivity contribution is -0.424. The summed E-state index contributed by atoms with van der Waals surface area (Å²) in [5, 5.41) is 13.6. The number of anilines is 1. The molecule has 1 aliphatic heterocycles. The molecule has 0 spiro atoms. The van der Waals surface area contributed by atoms with E-state index in [2.05, 4.69) is 22.6 Å². The van der Waals surface area contributed by atoms with Gasteiger partial charge in [0, 0.05) is 49.3 Å². The summed E-state index contributed by atoms with van der Waals surface area (Å²) in [5.41, 5.74) is 1.71. The van der Waals surface area contributed by atoms with Gasteiger partial charge in [0.15, 0.2) is 0 Å². The fourth-order valence-electron chi connectivity index (χ4n) is 3.43. The molecule has 0 saturated carbocycles. The van der Waals surface area contributed by atoms with Crippen molar-refractivity contribution >= 4 is 57.6 Å². The molecule has 2 aromatic rings. The number of hydrogen-bond acceptors (Lipinski definition) is 6. The van der Waals surface area contributed by atoms with Crippen molar-refractivity contribution in [3.8, 4) is 0 Å². The zero-order chi connectivity index (χ0) is 21.8. The second kappa shape index (κ2) is 9.56. The van der Waals surface area contributed by atoms with Crippen molar-refractivity contribution in [3.63, 3.8) is 0 Å². The Labute approximate surface area is 192 Å². The van der Waals surface area contributed by atoms with Crippen LogP contribution in [0.15, 0.2) is 41.4 Å². The predicted octanol–water partition coefficient (Wildman–Crippen LogP) is 3.37. The molecule has 3 rings (SSSR count). The van der Waals surface area contributed by atoms with Crippen molar-refractivity contribution in [1.82, 2.24) is 9.80 Å². The fourth-order valence-corrected chi connectivity index (χ4v) is 4.61. The Balaban J connectivity index is 1.94. The third-order valence-electron chi connectivity index (χ3n) is 4.98. The highest BCUT2D eigenvalue weighted by Crippen LogP contribution is 2.33. The van der Waals surface area contributed by atoms with Gasteiger partial charge in [-0.2, -0.15) is 0 Å². The SMILES string of the molecule is C/C(=C(\c1cc(I)ccc1N(C)C=O)N1CCN(C(=O)c2cccs2)CC1)[N+](=O)[O-]. The van der Waals surface area contributed by atoms with Crippen LogP contribution in [0.5, 0.6) is 0 Å². The summed E-state index contributed by atoms with van der Waals surface area (Å²) in [6.45, 7) is 3.34. The highest BCUT2D eigenvalue weighted by molar-refractivity contribution is 14.1. The maximum absolute atomic E-state index is 12.6. The number of benzene rings is 1. The normalized spacial score (nSPS) is 14.9. The van der Waals surface area contributed by atoms with Crippen molar-refractivity contribution in [2.24, 2.45) is 0 Å². The Morgan fingerprint density at radius 1 is 1.23 bits per heavy atom. The predicted molar refractivity (Wildman–Crippen MR) is 125 cm³/mol. The molecular formula is C20H21IN4O4S. The molecule has 0 aliphatic carbocycles. The number of hydrogen-bond donors (Lipinski definition) is 0. The zero-order valence-electron chi connectivity index (χ0n) is 16.6.